The highest BCUT2D eigenvalue weighted by Crippen LogP contribution is 2.31. The van der Waals surface area contributed by atoms with Crippen LogP contribution < -0.4 is 10.1 Å². The average Bonchev–Trinajstić information content (AvgIpc) is 2.47. The number of anilines is 1. The van der Waals surface area contributed by atoms with Gasteiger partial charge in [-0.15, -0.1) is 0 Å². The number of halogens is 1. The zero-order chi connectivity index (χ0) is 15.4. The Kier molecular flexibility index (Phi) is 4.37. The molecule has 0 saturated carbocycles. The van der Waals surface area contributed by atoms with Crippen molar-refractivity contribution in [2.75, 3.05) is 12.4 Å². The third-order valence-corrected chi connectivity index (χ3v) is 3.13. The molecule has 0 fully saturated rings. The van der Waals surface area contributed by atoms with Gasteiger partial charge < -0.3 is 10.1 Å². The Balaban J connectivity index is 2.19. The van der Waals surface area contributed by atoms with Crippen LogP contribution in [0, 0.1) is 15.9 Å². The van der Waals surface area contributed by atoms with Crippen molar-refractivity contribution in [3.05, 3.63) is 64.0 Å². The fourth-order valence-electron chi connectivity index (χ4n) is 2.00. The van der Waals surface area contributed by atoms with Crippen molar-refractivity contribution in [1.29, 1.82) is 0 Å². The van der Waals surface area contributed by atoms with Crippen molar-refractivity contribution in [2.45, 2.75) is 13.0 Å². The highest BCUT2D eigenvalue weighted by Gasteiger charge is 2.15. The van der Waals surface area contributed by atoms with Crippen LogP contribution in [0.2, 0.25) is 0 Å². The van der Waals surface area contributed by atoms with Crippen LogP contribution in [0.3, 0.4) is 0 Å². The molecule has 0 aromatic heterocycles. The zero-order valence-electron chi connectivity index (χ0n) is 11.7. The number of nitro groups is 1. The SMILES string of the molecule is COc1cc(NC(C)c2ccc(F)cc2)ccc1[N+](=O)[O-]. The van der Waals surface area contributed by atoms with E-state index in [9.17, 15) is 14.5 Å². The summed E-state index contributed by atoms with van der Waals surface area (Å²) in [5.41, 5.74) is 1.51. The van der Waals surface area contributed by atoms with E-state index in [1.807, 2.05) is 6.92 Å². The Morgan fingerprint density at radius 1 is 1.24 bits per heavy atom. The Morgan fingerprint density at radius 3 is 2.48 bits per heavy atom. The number of benzene rings is 2. The van der Waals surface area contributed by atoms with Crippen molar-refractivity contribution in [1.82, 2.24) is 0 Å². The van der Waals surface area contributed by atoms with E-state index >= 15 is 0 Å². The lowest BCUT2D eigenvalue weighted by Crippen LogP contribution is -2.07. The van der Waals surface area contributed by atoms with E-state index in [1.165, 1.54) is 25.3 Å². The quantitative estimate of drug-likeness (QED) is 0.669. The van der Waals surface area contributed by atoms with E-state index in [1.54, 1.807) is 24.3 Å². The lowest BCUT2D eigenvalue weighted by atomic mass is 10.1. The van der Waals surface area contributed by atoms with E-state index in [2.05, 4.69) is 5.32 Å². The summed E-state index contributed by atoms with van der Waals surface area (Å²) >= 11 is 0. The predicted molar refractivity (Wildman–Crippen MR) is 78.1 cm³/mol. The highest BCUT2D eigenvalue weighted by molar-refractivity contribution is 5.58. The van der Waals surface area contributed by atoms with Crippen molar-refractivity contribution in [3.8, 4) is 5.75 Å². The Morgan fingerprint density at radius 2 is 1.90 bits per heavy atom. The maximum Gasteiger partial charge on any atom is 0.311 e. The molecule has 1 unspecified atom stereocenters. The molecule has 1 atom stereocenters. The number of hydrogen-bond acceptors (Lipinski definition) is 4. The molecule has 2 aromatic carbocycles. The molecule has 1 N–H and O–H groups in total. The van der Waals surface area contributed by atoms with E-state index in [4.69, 9.17) is 4.74 Å². The summed E-state index contributed by atoms with van der Waals surface area (Å²) < 4.78 is 17.9. The molecule has 0 heterocycles. The van der Waals surface area contributed by atoms with Crippen LogP contribution in [0.25, 0.3) is 0 Å². The van der Waals surface area contributed by atoms with Crippen molar-refractivity contribution >= 4 is 11.4 Å². The van der Waals surface area contributed by atoms with E-state index in [0.717, 1.165) is 5.56 Å². The van der Waals surface area contributed by atoms with Gasteiger partial charge in [-0.2, -0.15) is 0 Å². The fraction of sp³-hybridized carbons (Fsp3) is 0.200. The second-order valence-corrected chi connectivity index (χ2v) is 4.56. The summed E-state index contributed by atoms with van der Waals surface area (Å²) in [6.45, 7) is 1.92. The first-order chi connectivity index (χ1) is 10.0. The first-order valence-electron chi connectivity index (χ1n) is 6.35. The van der Waals surface area contributed by atoms with Crippen LogP contribution in [0.4, 0.5) is 15.8 Å². The van der Waals surface area contributed by atoms with Gasteiger partial charge in [-0.1, -0.05) is 12.1 Å². The third-order valence-electron chi connectivity index (χ3n) is 3.13. The summed E-state index contributed by atoms with van der Waals surface area (Å²) in [7, 11) is 1.38. The maximum atomic E-state index is 12.9. The van der Waals surface area contributed by atoms with Gasteiger partial charge in [0.2, 0.25) is 0 Å². The lowest BCUT2D eigenvalue weighted by molar-refractivity contribution is -0.385. The normalized spacial score (nSPS) is 11.8. The van der Waals surface area contributed by atoms with Gasteiger partial charge in [0.1, 0.15) is 5.82 Å². The lowest BCUT2D eigenvalue weighted by Gasteiger charge is -2.16. The Bertz CT molecular complexity index is 644. The van der Waals surface area contributed by atoms with Crippen molar-refractivity contribution in [3.63, 3.8) is 0 Å². The monoisotopic (exact) mass is 290 g/mol. The molecule has 2 rings (SSSR count). The van der Waals surface area contributed by atoms with Crippen molar-refractivity contribution in [2.24, 2.45) is 0 Å². The van der Waals surface area contributed by atoms with Gasteiger partial charge in [0.15, 0.2) is 5.75 Å². The number of rotatable bonds is 5. The number of ether oxygens (including phenoxy) is 1. The molecule has 0 spiro atoms. The first kappa shape index (κ1) is 14.8. The van der Waals surface area contributed by atoms with E-state index in [-0.39, 0.29) is 23.3 Å². The fourth-order valence-corrected chi connectivity index (χ4v) is 2.00. The second-order valence-electron chi connectivity index (χ2n) is 4.56. The van der Waals surface area contributed by atoms with Gasteiger partial charge in [-0.25, -0.2) is 4.39 Å². The molecule has 0 aliphatic rings. The van der Waals surface area contributed by atoms with Crippen LogP contribution in [0.15, 0.2) is 42.5 Å². The van der Waals surface area contributed by atoms with Gasteiger partial charge in [-0.3, -0.25) is 10.1 Å². The number of nitrogens with zero attached hydrogens (tertiary/aromatic N) is 1. The minimum absolute atomic E-state index is 0.0724. The molecule has 110 valence electrons. The zero-order valence-corrected chi connectivity index (χ0v) is 11.7. The van der Waals surface area contributed by atoms with E-state index < -0.39 is 4.92 Å². The van der Waals surface area contributed by atoms with Gasteiger partial charge >= 0.3 is 5.69 Å². The van der Waals surface area contributed by atoms with Gasteiger partial charge in [0, 0.05) is 23.9 Å². The molecule has 0 aliphatic carbocycles. The average molecular weight is 290 g/mol. The third kappa shape index (κ3) is 3.47. The van der Waals surface area contributed by atoms with Crippen LogP contribution >= 0.6 is 0 Å². The summed E-state index contributed by atoms with van der Waals surface area (Å²) in [6, 6.07) is 10.7. The Hall–Kier alpha value is -2.63. The molecular weight excluding hydrogens is 275 g/mol. The molecule has 2 aromatic rings. The van der Waals surface area contributed by atoms with E-state index in [0.29, 0.717) is 5.69 Å². The number of nitrogens with one attached hydrogen (secondary N) is 1. The summed E-state index contributed by atoms with van der Waals surface area (Å²) in [5, 5.41) is 14.0. The molecule has 0 radical (unpaired) electrons. The molecule has 21 heavy (non-hydrogen) atoms. The van der Waals surface area contributed by atoms with Crippen molar-refractivity contribution < 1.29 is 14.1 Å². The molecule has 5 nitrogen and oxygen atoms in total. The largest absolute Gasteiger partial charge is 0.490 e. The standard InChI is InChI=1S/C15H15FN2O3/c1-10(11-3-5-12(16)6-4-11)17-13-7-8-14(18(19)20)15(9-13)21-2/h3-10,17H,1-2H3. The topological polar surface area (TPSA) is 64.4 Å². The highest BCUT2D eigenvalue weighted by atomic mass is 19.1. The molecule has 0 amide bonds. The van der Waals surface area contributed by atoms with Gasteiger partial charge in [-0.05, 0) is 30.7 Å². The number of hydrogen-bond donors (Lipinski definition) is 1. The van der Waals surface area contributed by atoms with Crippen LogP contribution in [-0.2, 0) is 0 Å². The van der Waals surface area contributed by atoms with Gasteiger partial charge in [0.25, 0.3) is 0 Å². The Labute approximate surface area is 121 Å². The second kappa shape index (κ2) is 6.21. The molecule has 0 saturated heterocycles. The molecule has 0 aliphatic heterocycles. The predicted octanol–water partition coefficient (Wildman–Crippen LogP) is 3.92. The van der Waals surface area contributed by atoms with Crippen LogP contribution in [0.1, 0.15) is 18.5 Å². The minimum Gasteiger partial charge on any atom is -0.490 e. The number of methoxy groups -OCH3 is 1. The number of nitro benzene ring substituents is 1. The summed E-state index contributed by atoms with van der Waals surface area (Å²) in [4.78, 5) is 10.3. The molecular formula is C15H15FN2O3. The first-order valence-corrected chi connectivity index (χ1v) is 6.35. The smallest absolute Gasteiger partial charge is 0.311 e. The summed E-state index contributed by atoms with van der Waals surface area (Å²) in [6.07, 6.45) is 0. The summed E-state index contributed by atoms with van der Waals surface area (Å²) in [5.74, 6) is -0.0979. The van der Waals surface area contributed by atoms with Crippen LogP contribution in [0.5, 0.6) is 5.75 Å². The minimum atomic E-state index is -0.494. The maximum absolute atomic E-state index is 12.9. The molecule has 0 bridgehead atoms. The van der Waals surface area contributed by atoms with Crippen LogP contribution in [-0.4, -0.2) is 12.0 Å². The molecule has 6 heteroatoms. The van der Waals surface area contributed by atoms with Gasteiger partial charge in [0.05, 0.1) is 12.0 Å².